The first-order chi connectivity index (χ1) is 9.58. The van der Waals surface area contributed by atoms with E-state index in [-0.39, 0.29) is 0 Å². The fourth-order valence-corrected chi connectivity index (χ4v) is 2.72. The Kier molecular flexibility index (Phi) is 4.87. The average molecular weight is 280 g/mol. The molecule has 110 valence electrons. The molecule has 1 aliphatic carbocycles. The smallest absolute Gasteiger partial charge is 0.282 e. The van der Waals surface area contributed by atoms with Crippen molar-refractivity contribution in [2.75, 3.05) is 6.54 Å². The summed E-state index contributed by atoms with van der Waals surface area (Å²) in [6.07, 6.45) is 7.44. The third-order valence-electron chi connectivity index (χ3n) is 3.88. The topological polar surface area (TPSA) is 51.0 Å². The minimum atomic E-state index is -0.907. The van der Waals surface area contributed by atoms with E-state index in [2.05, 4.69) is 16.9 Å². The molecule has 20 heavy (non-hydrogen) atoms. The summed E-state index contributed by atoms with van der Waals surface area (Å²) in [7, 11) is 1.76. The monoisotopic (exact) mass is 280 g/mol. The first kappa shape index (κ1) is 14.7. The number of amides is 1. The summed E-state index contributed by atoms with van der Waals surface area (Å²) in [6.45, 7) is 4.02. The van der Waals surface area contributed by atoms with Crippen molar-refractivity contribution in [2.45, 2.75) is 38.6 Å². The van der Waals surface area contributed by atoms with Crippen molar-refractivity contribution in [2.24, 2.45) is 13.0 Å². The number of carbonyl (C=O) groups is 1. The van der Waals surface area contributed by atoms with Crippen LogP contribution in [-0.2, 0) is 18.4 Å². The second kappa shape index (κ2) is 6.63. The van der Waals surface area contributed by atoms with Crippen LogP contribution in [0.15, 0.2) is 18.6 Å². The number of aryl methyl sites for hydroxylation is 1. The van der Waals surface area contributed by atoms with E-state index in [1.807, 2.05) is 0 Å². The van der Waals surface area contributed by atoms with Crippen LogP contribution in [-0.4, -0.2) is 32.3 Å². The van der Waals surface area contributed by atoms with Gasteiger partial charge < -0.3 is 4.90 Å². The van der Waals surface area contributed by atoms with Gasteiger partial charge in [0.15, 0.2) is 5.83 Å². The summed E-state index contributed by atoms with van der Waals surface area (Å²) in [5.41, 5.74) is 0.787. The Bertz CT molecular complexity index is 479. The van der Waals surface area contributed by atoms with Crippen LogP contribution in [0.5, 0.6) is 0 Å². The average Bonchev–Trinajstić information content (AvgIpc) is 2.84. The van der Waals surface area contributed by atoms with Crippen molar-refractivity contribution < 1.29 is 9.18 Å². The van der Waals surface area contributed by atoms with Crippen molar-refractivity contribution in [1.82, 2.24) is 19.9 Å². The zero-order chi connectivity index (χ0) is 14.5. The Morgan fingerprint density at radius 3 is 2.75 bits per heavy atom. The fourth-order valence-electron chi connectivity index (χ4n) is 2.72. The molecule has 0 atom stereocenters. The second-order valence-corrected chi connectivity index (χ2v) is 5.44. The van der Waals surface area contributed by atoms with Gasteiger partial charge in [-0.1, -0.05) is 31.1 Å². The zero-order valence-corrected chi connectivity index (χ0v) is 11.9. The van der Waals surface area contributed by atoms with Gasteiger partial charge in [-0.2, -0.15) is 0 Å². The molecule has 1 heterocycles. The zero-order valence-electron chi connectivity index (χ0n) is 11.9. The highest BCUT2D eigenvalue weighted by molar-refractivity contribution is 5.90. The number of hydrogen-bond donors (Lipinski definition) is 0. The van der Waals surface area contributed by atoms with Crippen LogP contribution < -0.4 is 0 Å². The molecule has 0 radical (unpaired) electrons. The Morgan fingerprint density at radius 2 is 2.20 bits per heavy atom. The van der Waals surface area contributed by atoms with Crippen LogP contribution in [0.2, 0.25) is 0 Å². The largest absolute Gasteiger partial charge is 0.330 e. The Labute approximate surface area is 118 Å². The van der Waals surface area contributed by atoms with Crippen LogP contribution in [0.4, 0.5) is 4.39 Å². The maximum absolute atomic E-state index is 13.2. The maximum Gasteiger partial charge on any atom is 0.282 e. The number of halogens is 1. The normalized spacial score (nSPS) is 16.1. The quantitative estimate of drug-likeness (QED) is 0.777. The van der Waals surface area contributed by atoms with Crippen LogP contribution in [0.1, 0.15) is 37.8 Å². The standard InChI is InChI=1S/C14H21FN4O/c1-11(15)14(20)19(9-12-6-4-3-5-7-12)10-13-8-16-17-18(13)2/h8,12H,1,3-7,9-10H2,2H3. The Morgan fingerprint density at radius 1 is 1.50 bits per heavy atom. The van der Waals surface area contributed by atoms with Crippen LogP contribution in [0.3, 0.4) is 0 Å². The van der Waals surface area contributed by atoms with Crippen molar-refractivity contribution in [3.05, 3.63) is 24.3 Å². The van der Waals surface area contributed by atoms with Gasteiger partial charge in [0.1, 0.15) is 0 Å². The lowest BCUT2D eigenvalue weighted by Gasteiger charge is -2.29. The molecule has 6 heteroatoms. The molecule has 0 saturated heterocycles. The molecule has 0 unspecified atom stereocenters. The van der Waals surface area contributed by atoms with Gasteiger partial charge >= 0.3 is 0 Å². The molecule has 0 aromatic carbocycles. The molecule has 0 bridgehead atoms. The first-order valence-electron chi connectivity index (χ1n) is 7.05. The van der Waals surface area contributed by atoms with E-state index in [1.54, 1.807) is 17.9 Å². The van der Waals surface area contributed by atoms with E-state index in [0.717, 1.165) is 18.5 Å². The molecule has 5 nitrogen and oxygen atoms in total. The summed E-state index contributed by atoms with van der Waals surface area (Å²) in [6, 6.07) is 0. The third-order valence-corrected chi connectivity index (χ3v) is 3.88. The molecule has 0 N–H and O–H groups in total. The SMILES string of the molecule is C=C(F)C(=O)N(Cc1cnnn1C)CC1CCCCC1. The molecular weight excluding hydrogens is 259 g/mol. The Balaban J connectivity index is 2.05. The first-order valence-corrected chi connectivity index (χ1v) is 7.05. The minimum Gasteiger partial charge on any atom is -0.330 e. The van der Waals surface area contributed by atoms with Gasteiger partial charge in [-0.15, -0.1) is 5.10 Å². The van der Waals surface area contributed by atoms with Gasteiger partial charge in [-0.05, 0) is 18.8 Å². The number of rotatable bonds is 5. The molecule has 1 aromatic heterocycles. The lowest BCUT2D eigenvalue weighted by molar-refractivity contribution is -0.130. The van der Waals surface area contributed by atoms with E-state index in [1.165, 1.54) is 24.2 Å². The van der Waals surface area contributed by atoms with Gasteiger partial charge in [-0.25, -0.2) is 4.39 Å². The summed E-state index contributed by atoms with van der Waals surface area (Å²) < 4.78 is 14.8. The number of aromatic nitrogens is 3. The third kappa shape index (κ3) is 3.65. The highest BCUT2D eigenvalue weighted by Gasteiger charge is 2.23. The minimum absolute atomic E-state index is 0.321. The van der Waals surface area contributed by atoms with Crippen molar-refractivity contribution in [3.8, 4) is 0 Å². The lowest BCUT2D eigenvalue weighted by Crippen LogP contribution is -2.36. The van der Waals surface area contributed by atoms with E-state index in [4.69, 9.17) is 0 Å². The number of nitrogens with zero attached hydrogens (tertiary/aromatic N) is 4. The lowest BCUT2D eigenvalue weighted by atomic mass is 9.89. The molecule has 2 rings (SSSR count). The van der Waals surface area contributed by atoms with Gasteiger partial charge in [0.2, 0.25) is 0 Å². The van der Waals surface area contributed by atoms with Gasteiger partial charge in [0, 0.05) is 13.6 Å². The second-order valence-electron chi connectivity index (χ2n) is 5.44. The molecule has 1 amide bonds. The fraction of sp³-hybridized carbons (Fsp3) is 0.643. The molecule has 1 aromatic rings. The van der Waals surface area contributed by atoms with E-state index in [0.29, 0.717) is 19.0 Å². The molecule has 1 saturated carbocycles. The van der Waals surface area contributed by atoms with E-state index < -0.39 is 11.7 Å². The predicted molar refractivity (Wildman–Crippen MR) is 73.2 cm³/mol. The van der Waals surface area contributed by atoms with Crippen molar-refractivity contribution in [1.29, 1.82) is 0 Å². The molecular formula is C14H21FN4O. The molecule has 1 fully saturated rings. The predicted octanol–water partition coefficient (Wildman–Crippen LogP) is 2.21. The van der Waals surface area contributed by atoms with Crippen LogP contribution in [0.25, 0.3) is 0 Å². The molecule has 1 aliphatic rings. The highest BCUT2D eigenvalue weighted by atomic mass is 19.1. The summed E-state index contributed by atoms with van der Waals surface area (Å²) in [5.74, 6) is -1.08. The summed E-state index contributed by atoms with van der Waals surface area (Å²) in [4.78, 5) is 13.5. The number of hydrogen-bond acceptors (Lipinski definition) is 3. The Hall–Kier alpha value is -1.72. The highest BCUT2D eigenvalue weighted by Crippen LogP contribution is 2.25. The maximum atomic E-state index is 13.2. The summed E-state index contributed by atoms with van der Waals surface area (Å²) >= 11 is 0. The molecule has 0 spiro atoms. The van der Waals surface area contributed by atoms with Gasteiger partial charge in [-0.3, -0.25) is 9.48 Å². The summed E-state index contributed by atoms with van der Waals surface area (Å²) in [5, 5.41) is 7.62. The number of carbonyl (C=O) groups excluding carboxylic acids is 1. The van der Waals surface area contributed by atoms with Gasteiger partial charge in [0.05, 0.1) is 18.4 Å². The van der Waals surface area contributed by atoms with E-state index in [9.17, 15) is 9.18 Å². The molecule has 0 aliphatic heterocycles. The van der Waals surface area contributed by atoms with Crippen molar-refractivity contribution in [3.63, 3.8) is 0 Å². The van der Waals surface area contributed by atoms with E-state index >= 15 is 0 Å². The van der Waals surface area contributed by atoms with Crippen LogP contribution in [0, 0.1) is 5.92 Å². The van der Waals surface area contributed by atoms with Gasteiger partial charge in [0.25, 0.3) is 5.91 Å². The van der Waals surface area contributed by atoms with Crippen LogP contribution >= 0.6 is 0 Å². The van der Waals surface area contributed by atoms with Crippen molar-refractivity contribution >= 4 is 5.91 Å².